The van der Waals surface area contributed by atoms with Crippen molar-refractivity contribution in [2.24, 2.45) is 0 Å². The van der Waals surface area contributed by atoms with E-state index in [1.807, 2.05) is 23.7 Å². The highest BCUT2D eigenvalue weighted by atomic mass is 16.2. The van der Waals surface area contributed by atoms with Crippen LogP contribution >= 0.6 is 0 Å². The van der Waals surface area contributed by atoms with Gasteiger partial charge in [0.25, 0.3) is 0 Å². The molecule has 7 heteroatoms. The van der Waals surface area contributed by atoms with Crippen LogP contribution in [0.2, 0.25) is 0 Å². The van der Waals surface area contributed by atoms with Crippen LogP contribution in [0.1, 0.15) is 24.6 Å². The van der Waals surface area contributed by atoms with Gasteiger partial charge >= 0.3 is 6.03 Å². The molecule has 3 rings (SSSR count). The van der Waals surface area contributed by atoms with Crippen LogP contribution in [0.5, 0.6) is 0 Å². The number of nitrogens with one attached hydrogen (secondary N) is 1. The summed E-state index contributed by atoms with van der Waals surface area (Å²) >= 11 is 0. The van der Waals surface area contributed by atoms with Crippen molar-refractivity contribution in [2.45, 2.75) is 25.8 Å². The second-order valence-corrected chi connectivity index (χ2v) is 5.21. The van der Waals surface area contributed by atoms with E-state index >= 15 is 0 Å². The first-order valence-corrected chi connectivity index (χ1v) is 7.06. The van der Waals surface area contributed by atoms with Gasteiger partial charge in [-0.05, 0) is 31.9 Å². The Morgan fingerprint density at radius 3 is 3.10 bits per heavy atom. The Morgan fingerprint density at radius 1 is 1.43 bits per heavy atom. The third-order valence-corrected chi connectivity index (χ3v) is 3.62. The van der Waals surface area contributed by atoms with Crippen LogP contribution in [-0.4, -0.2) is 43.8 Å². The molecule has 1 N–H and O–H groups in total. The lowest BCUT2D eigenvalue weighted by Gasteiger charge is -2.32. The number of pyridine rings is 1. The smallest absolute Gasteiger partial charge is 0.322 e. The Morgan fingerprint density at radius 2 is 2.33 bits per heavy atom. The molecule has 2 aromatic rings. The molecular formula is C14H18N6O. The number of anilines is 1. The Bertz CT molecular complexity index is 612. The minimum Gasteiger partial charge on any atom is -0.322 e. The fraction of sp³-hybridized carbons (Fsp3) is 0.429. The molecule has 0 aromatic carbocycles. The van der Waals surface area contributed by atoms with Gasteiger partial charge in [0.1, 0.15) is 18.5 Å². The van der Waals surface area contributed by atoms with Crippen LogP contribution in [-0.2, 0) is 0 Å². The van der Waals surface area contributed by atoms with Crippen LogP contribution in [0.4, 0.5) is 10.6 Å². The summed E-state index contributed by atoms with van der Waals surface area (Å²) in [6.45, 7) is 3.29. The third-order valence-electron chi connectivity index (χ3n) is 3.62. The first-order valence-electron chi connectivity index (χ1n) is 7.06. The van der Waals surface area contributed by atoms with Crippen molar-refractivity contribution in [1.29, 1.82) is 0 Å². The van der Waals surface area contributed by atoms with E-state index in [0.29, 0.717) is 12.4 Å². The number of hydrogen-bond acceptors (Lipinski definition) is 4. The summed E-state index contributed by atoms with van der Waals surface area (Å²) in [7, 11) is 0. The minimum absolute atomic E-state index is 0.113. The SMILES string of the molecule is Cc1cccc(NC(=O)N2CCC[C@H](n3cncn3)C2)n1. The van der Waals surface area contributed by atoms with Crippen molar-refractivity contribution in [3.8, 4) is 0 Å². The first-order chi connectivity index (χ1) is 10.2. The molecule has 0 saturated carbocycles. The number of amides is 2. The number of likely N-dealkylation sites (tertiary alicyclic amines) is 1. The maximum Gasteiger partial charge on any atom is 0.323 e. The monoisotopic (exact) mass is 286 g/mol. The maximum atomic E-state index is 12.3. The van der Waals surface area contributed by atoms with E-state index in [0.717, 1.165) is 25.1 Å². The molecule has 2 amide bonds. The second-order valence-electron chi connectivity index (χ2n) is 5.21. The molecule has 0 bridgehead atoms. The van der Waals surface area contributed by atoms with Gasteiger partial charge < -0.3 is 4.90 Å². The summed E-state index contributed by atoms with van der Waals surface area (Å²) in [5.74, 6) is 0.586. The van der Waals surface area contributed by atoms with Gasteiger partial charge in [-0.2, -0.15) is 5.10 Å². The molecule has 0 aliphatic carbocycles. The van der Waals surface area contributed by atoms with Crippen molar-refractivity contribution >= 4 is 11.8 Å². The molecule has 0 spiro atoms. The zero-order chi connectivity index (χ0) is 14.7. The van der Waals surface area contributed by atoms with E-state index in [2.05, 4.69) is 20.4 Å². The van der Waals surface area contributed by atoms with Gasteiger partial charge in [0.15, 0.2) is 0 Å². The summed E-state index contributed by atoms with van der Waals surface area (Å²) in [5, 5.41) is 7.01. The molecule has 0 radical (unpaired) electrons. The fourth-order valence-corrected chi connectivity index (χ4v) is 2.56. The van der Waals surface area contributed by atoms with Crippen LogP contribution in [0.25, 0.3) is 0 Å². The van der Waals surface area contributed by atoms with Gasteiger partial charge in [-0.3, -0.25) is 5.32 Å². The molecule has 3 heterocycles. The number of carbonyl (C=O) groups excluding carboxylic acids is 1. The van der Waals surface area contributed by atoms with E-state index in [-0.39, 0.29) is 12.1 Å². The van der Waals surface area contributed by atoms with E-state index in [9.17, 15) is 4.79 Å². The van der Waals surface area contributed by atoms with Crippen LogP contribution in [0.15, 0.2) is 30.9 Å². The highest BCUT2D eigenvalue weighted by Crippen LogP contribution is 2.20. The number of rotatable bonds is 2. The number of hydrogen-bond donors (Lipinski definition) is 1. The molecule has 1 aliphatic heterocycles. The Balaban J connectivity index is 1.64. The van der Waals surface area contributed by atoms with Crippen molar-refractivity contribution < 1.29 is 4.79 Å². The van der Waals surface area contributed by atoms with Crippen molar-refractivity contribution in [3.63, 3.8) is 0 Å². The summed E-state index contributed by atoms with van der Waals surface area (Å²) in [5.41, 5.74) is 0.881. The van der Waals surface area contributed by atoms with Gasteiger partial charge in [0.05, 0.1) is 6.04 Å². The highest BCUT2D eigenvalue weighted by molar-refractivity contribution is 5.88. The largest absolute Gasteiger partial charge is 0.323 e. The minimum atomic E-state index is -0.113. The number of urea groups is 1. The number of aryl methyl sites for hydroxylation is 1. The maximum absolute atomic E-state index is 12.3. The Hall–Kier alpha value is -2.44. The molecule has 0 unspecified atom stereocenters. The molecule has 110 valence electrons. The van der Waals surface area contributed by atoms with Crippen LogP contribution in [0.3, 0.4) is 0 Å². The van der Waals surface area contributed by atoms with Gasteiger partial charge in [-0.25, -0.2) is 19.4 Å². The van der Waals surface area contributed by atoms with E-state index < -0.39 is 0 Å². The van der Waals surface area contributed by atoms with E-state index in [4.69, 9.17) is 0 Å². The van der Waals surface area contributed by atoms with Crippen LogP contribution < -0.4 is 5.32 Å². The average molecular weight is 286 g/mol. The zero-order valence-electron chi connectivity index (χ0n) is 11.9. The molecule has 7 nitrogen and oxygen atoms in total. The molecule has 1 fully saturated rings. The quantitative estimate of drug-likeness (QED) is 0.914. The average Bonchev–Trinajstić information content (AvgIpc) is 3.02. The molecular weight excluding hydrogens is 268 g/mol. The third kappa shape index (κ3) is 3.18. The summed E-state index contributed by atoms with van der Waals surface area (Å²) < 4.78 is 1.82. The Kier molecular flexibility index (Phi) is 3.81. The lowest BCUT2D eigenvalue weighted by Crippen LogP contribution is -2.43. The molecule has 21 heavy (non-hydrogen) atoms. The number of nitrogens with zero attached hydrogens (tertiary/aromatic N) is 5. The Labute approximate surface area is 123 Å². The van der Waals surface area contributed by atoms with Crippen molar-refractivity contribution in [1.82, 2.24) is 24.6 Å². The summed E-state index contributed by atoms with van der Waals surface area (Å²) in [4.78, 5) is 22.4. The van der Waals surface area contributed by atoms with Gasteiger partial charge in [0.2, 0.25) is 0 Å². The summed E-state index contributed by atoms with van der Waals surface area (Å²) in [6.07, 6.45) is 5.19. The lowest BCUT2D eigenvalue weighted by atomic mass is 10.1. The molecule has 1 saturated heterocycles. The number of carbonyl (C=O) groups is 1. The topological polar surface area (TPSA) is 75.9 Å². The second kappa shape index (κ2) is 5.90. The predicted molar refractivity (Wildman–Crippen MR) is 77.9 cm³/mol. The van der Waals surface area contributed by atoms with Crippen molar-refractivity contribution in [2.75, 3.05) is 18.4 Å². The zero-order valence-corrected chi connectivity index (χ0v) is 11.9. The summed E-state index contributed by atoms with van der Waals surface area (Å²) in [6, 6.07) is 5.66. The van der Waals surface area contributed by atoms with Crippen molar-refractivity contribution in [3.05, 3.63) is 36.5 Å². The highest BCUT2D eigenvalue weighted by Gasteiger charge is 2.25. The fourth-order valence-electron chi connectivity index (χ4n) is 2.56. The number of piperidine rings is 1. The van der Waals surface area contributed by atoms with Gasteiger partial charge in [-0.1, -0.05) is 6.07 Å². The van der Waals surface area contributed by atoms with Crippen LogP contribution in [0, 0.1) is 6.92 Å². The standard InChI is InChI=1S/C14H18N6O/c1-11-4-2-6-13(17-11)18-14(21)19-7-3-5-12(8-19)20-10-15-9-16-20/h2,4,6,9-10,12H,3,5,7-8H2,1H3,(H,17,18,21)/t12-/m0/s1. The predicted octanol–water partition coefficient (Wildman–Crippen LogP) is 1.85. The van der Waals surface area contributed by atoms with E-state index in [1.165, 1.54) is 6.33 Å². The first kappa shape index (κ1) is 13.5. The van der Waals surface area contributed by atoms with Gasteiger partial charge in [0, 0.05) is 18.8 Å². The van der Waals surface area contributed by atoms with Gasteiger partial charge in [-0.15, -0.1) is 0 Å². The normalized spacial score (nSPS) is 18.5. The van der Waals surface area contributed by atoms with E-state index in [1.54, 1.807) is 17.3 Å². The molecule has 1 atom stereocenters. The molecule has 2 aromatic heterocycles. The molecule has 1 aliphatic rings. The number of aromatic nitrogens is 4. The lowest BCUT2D eigenvalue weighted by molar-refractivity contribution is 0.174.